The summed E-state index contributed by atoms with van der Waals surface area (Å²) in [5.41, 5.74) is 1.16. The zero-order chi connectivity index (χ0) is 20.1. The zero-order valence-electron chi connectivity index (χ0n) is 14.5. The number of hydrogen-bond donors (Lipinski definition) is 1. The molecule has 0 saturated heterocycles. The average molecular weight is 475 g/mol. The zero-order valence-corrected chi connectivity index (χ0v) is 18.6. The number of anilines is 1. The molecule has 0 bridgehead atoms. The molecule has 0 unspecified atom stereocenters. The third kappa shape index (κ3) is 5.52. The lowest BCUT2D eigenvalue weighted by atomic mass is 10.2. The van der Waals surface area contributed by atoms with Gasteiger partial charge in [-0.2, -0.15) is 4.31 Å². The summed E-state index contributed by atoms with van der Waals surface area (Å²) in [5, 5.41) is 10.9. The molecule has 0 atom stereocenters. The van der Waals surface area contributed by atoms with E-state index in [0.29, 0.717) is 13.8 Å². The maximum Gasteiger partial charge on any atom is 0.252 e. The standard InChI is InChI=1S/C16H15ClN4O3S4/c1-21(28(23,24)14-8-7-12(17)26-14)9-13(22)18-15-19-20-16(27-15)25-10-11-5-3-2-4-6-11/h2-8H,9-10H2,1H3,(H,18,19,22). The number of aromatic nitrogens is 2. The minimum absolute atomic E-state index is 0.0864. The Morgan fingerprint density at radius 2 is 1.93 bits per heavy atom. The molecule has 1 aromatic carbocycles. The second-order valence-electron chi connectivity index (χ2n) is 5.52. The fourth-order valence-electron chi connectivity index (χ4n) is 2.07. The van der Waals surface area contributed by atoms with Crippen molar-refractivity contribution in [3.05, 3.63) is 52.4 Å². The monoisotopic (exact) mass is 474 g/mol. The van der Waals surface area contributed by atoms with Gasteiger partial charge in [-0.1, -0.05) is 65.0 Å². The van der Waals surface area contributed by atoms with Gasteiger partial charge in [0.1, 0.15) is 4.21 Å². The molecule has 0 fully saturated rings. The molecule has 3 rings (SSSR count). The molecule has 0 radical (unpaired) electrons. The van der Waals surface area contributed by atoms with Crippen LogP contribution in [0.2, 0.25) is 4.34 Å². The number of hydrogen-bond acceptors (Lipinski definition) is 8. The topological polar surface area (TPSA) is 92.3 Å². The molecule has 3 aromatic rings. The van der Waals surface area contributed by atoms with Crippen molar-refractivity contribution in [1.29, 1.82) is 0 Å². The maximum absolute atomic E-state index is 12.4. The molecule has 1 N–H and O–H groups in total. The number of nitrogens with zero attached hydrogens (tertiary/aromatic N) is 3. The van der Waals surface area contributed by atoms with Crippen LogP contribution in [0.3, 0.4) is 0 Å². The van der Waals surface area contributed by atoms with Crippen LogP contribution in [0.4, 0.5) is 5.13 Å². The number of thiophene rings is 1. The SMILES string of the molecule is CN(CC(=O)Nc1nnc(SCc2ccccc2)s1)S(=O)(=O)c1ccc(Cl)s1. The quantitative estimate of drug-likeness (QED) is 0.394. The first-order valence-electron chi connectivity index (χ1n) is 7.86. The Balaban J connectivity index is 1.54. The number of nitrogens with one attached hydrogen (secondary N) is 1. The highest BCUT2D eigenvalue weighted by atomic mass is 35.5. The van der Waals surface area contributed by atoms with Crippen LogP contribution in [-0.4, -0.2) is 42.4 Å². The normalized spacial score (nSPS) is 11.7. The summed E-state index contributed by atoms with van der Waals surface area (Å²) in [5.74, 6) is 0.248. The third-order valence-corrected chi connectivity index (χ3v) is 8.98. The molecule has 0 spiro atoms. The second-order valence-corrected chi connectivity index (χ2v) is 11.7. The minimum atomic E-state index is -3.77. The van der Waals surface area contributed by atoms with E-state index in [9.17, 15) is 13.2 Å². The lowest BCUT2D eigenvalue weighted by Crippen LogP contribution is -2.34. The highest BCUT2D eigenvalue weighted by molar-refractivity contribution is 8.00. The Kier molecular flexibility index (Phi) is 7.07. The Hall–Kier alpha value is -1.50. The highest BCUT2D eigenvalue weighted by Gasteiger charge is 2.25. The molecule has 7 nitrogen and oxygen atoms in total. The first-order valence-corrected chi connectivity index (χ1v) is 12.3. The summed E-state index contributed by atoms with van der Waals surface area (Å²) in [4.78, 5) is 12.2. The van der Waals surface area contributed by atoms with Gasteiger partial charge in [0.15, 0.2) is 4.34 Å². The Morgan fingerprint density at radius 1 is 1.18 bits per heavy atom. The summed E-state index contributed by atoms with van der Waals surface area (Å²) >= 11 is 9.49. The van der Waals surface area contributed by atoms with Gasteiger partial charge < -0.3 is 0 Å². The molecule has 28 heavy (non-hydrogen) atoms. The van der Waals surface area contributed by atoms with Crippen LogP contribution in [0.15, 0.2) is 51.0 Å². The number of carbonyl (C=O) groups excluding carboxylic acids is 1. The fraction of sp³-hybridized carbons (Fsp3) is 0.188. The Bertz CT molecular complexity index is 1050. The van der Waals surface area contributed by atoms with Crippen molar-refractivity contribution in [2.45, 2.75) is 14.3 Å². The smallest absolute Gasteiger partial charge is 0.252 e. The number of rotatable bonds is 8. The number of sulfonamides is 1. The van der Waals surface area contributed by atoms with E-state index in [-0.39, 0.29) is 10.8 Å². The van der Waals surface area contributed by atoms with Crippen molar-refractivity contribution in [2.75, 3.05) is 18.9 Å². The maximum atomic E-state index is 12.4. The van der Waals surface area contributed by atoms with Gasteiger partial charge in [-0.05, 0) is 17.7 Å². The van der Waals surface area contributed by atoms with E-state index in [1.807, 2.05) is 30.3 Å². The van der Waals surface area contributed by atoms with E-state index in [0.717, 1.165) is 27.0 Å². The number of carbonyl (C=O) groups is 1. The van der Waals surface area contributed by atoms with Gasteiger partial charge >= 0.3 is 0 Å². The number of thioether (sulfide) groups is 1. The van der Waals surface area contributed by atoms with Gasteiger partial charge in [-0.3, -0.25) is 10.1 Å². The molecule has 12 heteroatoms. The van der Waals surface area contributed by atoms with Crippen LogP contribution in [-0.2, 0) is 20.6 Å². The molecular weight excluding hydrogens is 460 g/mol. The van der Waals surface area contributed by atoms with E-state index in [1.54, 1.807) is 0 Å². The van der Waals surface area contributed by atoms with Gasteiger partial charge in [0.25, 0.3) is 10.0 Å². The van der Waals surface area contributed by atoms with E-state index < -0.39 is 15.9 Å². The van der Waals surface area contributed by atoms with E-state index in [2.05, 4.69) is 15.5 Å². The minimum Gasteiger partial charge on any atom is -0.299 e. The van der Waals surface area contributed by atoms with E-state index in [4.69, 9.17) is 11.6 Å². The Morgan fingerprint density at radius 3 is 2.61 bits per heavy atom. The summed E-state index contributed by atoms with van der Waals surface area (Å²) in [6, 6.07) is 12.9. The van der Waals surface area contributed by atoms with E-state index >= 15 is 0 Å². The lowest BCUT2D eigenvalue weighted by molar-refractivity contribution is -0.116. The first kappa shape index (κ1) is 21.2. The summed E-state index contributed by atoms with van der Waals surface area (Å²) < 4.78 is 27.0. The predicted octanol–water partition coefficient (Wildman–Crippen LogP) is 3.80. The predicted molar refractivity (Wildman–Crippen MR) is 114 cm³/mol. The number of likely N-dealkylation sites (N-methyl/N-ethyl adjacent to an activating group) is 1. The van der Waals surface area contributed by atoms with Gasteiger partial charge in [-0.25, -0.2) is 8.42 Å². The fourth-order valence-corrected chi connectivity index (χ4v) is 6.62. The molecule has 0 saturated carbocycles. The van der Waals surface area contributed by atoms with Gasteiger partial charge in [0.05, 0.1) is 10.9 Å². The van der Waals surface area contributed by atoms with E-state index in [1.165, 1.54) is 42.3 Å². The average Bonchev–Trinajstić information content (AvgIpc) is 3.30. The molecule has 0 aliphatic heterocycles. The summed E-state index contributed by atoms with van der Waals surface area (Å²) in [7, 11) is -2.43. The highest BCUT2D eigenvalue weighted by Crippen LogP contribution is 2.29. The Labute approximate surface area is 179 Å². The molecule has 2 heterocycles. The summed E-state index contributed by atoms with van der Waals surface area (Å²) in [6.07, 6.45) is 0. The van der Waals surface area contributed by atoms with Crippen LogP contribution in [0, 0.1) is 0 Å². The van der Waals surface area contributed by atoms with Crippen LogP contribution in [0.5, 0.6) is 0 Å². The molecule has 2 aromatic heterocycles. The lowest BCUT2D eigenvalue weighted by Gasteiger charge is -2.14. The molecule has 0 aliphatic rings. The molecule has 0 aliphatic carbocycles. The third-order valence-electron chi connectivity index (χ3n) is 3.44. The van der Waals surface area contributed by atoms with Gasteiger partial charge in [0, 0.05) is 12.8 Å². The molecule has 148 valence electrons. The number of halogens is 1. The van der Waals surface area contributed by atoms with Crippen LogP contribution >= 0.6 is 46.0 Å². The van der Waals surface area contributed by atoms with Crippen LogP contribution in [0.1, 0.15) is 5.56 Å². The molecule has 1 amide bonds. The number of amides is 1. The van der Waals surface area contributed by atoms with Gasteiger partial charge in [0.2, 0.25) is 11.0 Å². The van der Waals surface area contributed by atoms with Gasteiger partial charge in [-0.15, -0.1) is 21.5 Å². The van der Waals surface area contributed by atoms with Crippen molar-refractivity contribution >= 4 is 67.1 Å². The largest absolute Gasteiger partial charge is 0.299 e. The van der Waals surface area contributed by atoms with Crippen molar-refractivity contribution in [3.63, 3.8) is 0 Å². The summed E-state index contributed by atoms with van der Waals surface area (Å²) in [6.45, 7) is -0.343. The van der Waals surface area contributed by atoms with Crippen molar-refractivity contribution in [2.24, 2.45) is 0 Å². The van der Waals surface area contributed by atoms with Crippen molar-refractivity contribution < 1.29 is 13.2 Å². The van der Waals surface area contributed by atoms with Crippen LogP contribution < -0.4 is 5.32 Å². The van der Waals surface area contributed by atoms with Crippen molar-refractivity contribution in [1.82, 2.24) is 14.5 Å². The molecular formula is C16H15ClN4O3S4. The van der Waals surface area contributed by atoms with Crippen molar-refractivity contribution in [3.8, 4) is 0 Å². The first-order chi connectivity index (χ1) is 13.3. The van der Waals surface area contributed by atoms with Crippen LogP contribution in [0.25, 0.3) is 0 Å². The number of benzene rings is 1. The second kappa shape index (κ2) is 9.33.